The van der Waals surface area contributed by atoms with Gasteiger partial charge in [0.15, 0.2) is 5.82 Å². The Balaban J connectivity index is 1.35. The van der Waals surface area contributed by atoms with Crippen LogP contribution in [0.4, 0.5) is 0 Å². The van der Waals surface area contributed by atoms with Crippen LogP contribution in [0.2, 0.25) is 0 Å². The molecule has 2 heterocycles. The lowest BCUT2D eigenvalue weighted by molar-refractivity contribution is 0.0916. The van der Waals surface area contributed by atoms with Crippen LogP contribution in [0.5, 0.6) is 0 Å². The molecule has 1 amide bonds. The van der Waals surface area contributed by atoms with Gasteiger partial charge in [-0.1, -0.05) is 5.16 Å². The van der Waals surface area contributed by atoms with E-state index in [1.165, 1.54) is 0 Å². The summed E-state index contributed by atoms with van der Waals surface area (Å²) in [5.74, 6) is 1.90. The molecule has 7 nitrogen and oxygen atoms in total. The first-order valence-electron chi connectivity index (χ1n) is 8.94. The molecule has 2 aromatic heterocycles. The number of aliphatic hydroxyl groups excluding tert-OH is 1. The average Bonchev–Trinajstić information content (AvgIpc) is 3.06. The number of amides is 1. The van der Waals surface area contributed by atoms with Gasteiger partial charge in [-0.25, -0.2) is 0 Å². The third kappa shape index (κ3) is 3.20. The SMILES string of the molecule is Cc1c(C(=O)NC[C@H]2C[C@H](c3nc(C4CC4)no3)C[C@H]2O)ccn1C. The summed E-state index contributed by atoms with van der Waals surface area (Å²) in [7, 11) is 1.91. The highest BCUT2D eigenvalue weighted by Crippen LogP contribution is 2.41. The first-order chi connectivity index (χ1) is 12.0. The summed E-state index contributed by atoms with van der Waals surface area (Å²) in [6.45, 7) is 2.37. The lowest BCUT2D eigenvalue weighted by Gasteiger charge is -2.15. The minimum Gasteiger partial charge on any atom is -0.393 e. The van der Waals surface area contributed by atoms with E-state index in [-0.39, 0.29) is 17.7 Å². The van der Waals surface area contributed by atoms with Gasteiger partial charge in [0.05, 0.1) is 11.7 Å². The molecule has 7 heteroatoms. The lowest BCUT2D eigenvalue weighted by atomic mass is 10.0. The lowest BCUT2D eigenvalue weighted by Crippen LogP contribution is -2.32. The minimum absolute atomic E-state index is 0.00856. The highest BCUT2D eigenvalue weighted by Gasteiger charge is 2.38. The van der Waals surface area contributed by atoms with Crippen molar-refractivity contribution < 1.29 is 14.4 Å². The maximum Gasteiger partial charge on any atom is 0.253 e. The van der Waals surface area contributed by atoms with Crippen molar-refractivity contribution in [2.24, 2.45) is 13.0 Å². The number of hydrogen-bond acceptors (Lipinski definition) is 5. The molecule has 0 radical (unpaired) electrons. The molecule has 2 fully saturated rings. The third-order valence-corrected chi connectivity index (χ3v) is 5.56. The zero-order valence-corrected chi connectivity index (χ0v) is 14.6. The van der Waals surface area contributed by atoms with Crippen molar-refractivity contribution in [3.63, 3.8) is 0 Å². The Kier molecular flexibility index (Phi) is 4.11. The summed E-state index contributed by atoms with van der Waals surface area (Å²) in [5, 5.41) is 17.4. The van der Waals surface area contributed by atoms with Crippen molar-refractivity contribution in [3.8, 4) is 0 Å². The Hall–Kier alpha value is -2.15. The van der Waals surface area contributed by atoms with E-state index in [0.717, 1.165) is 30.8 Å². The fraction of sp³-hybridized carbons (Fsp3) is 0.611. The van der Waals surface area contributed by atoms with Crippen LogP contribution in [-0.4, -0.2) is 38.4 Å². The molecule has 2 aliphatic carbocycles. The highest BCUT2D eigenvalue weighted by molar-refractivity contribution is 5.95. The highest BCUT2D eigenvalue weighted by atomic mass is 16.5. The second kappa shape index (κ2) is 6.29. The molecule has 0 aromatic carbocycles. The van der Waals surface area contributed by atoms with Gasteiger partial charge in [-0.2, -0.15) is 4.98 Å². The number of carbonyl (C=O) groups is 1. The van der Waals surface area contributed by atoms with Gasteiger partial charge >= 0.3 is 0 Å². The van der Waals surface area contributed by atoms with Gasteiger partial charge in [-0.3, -0.25) is 4.79 Å². The number of nitrogens with zero attached hydrogens (tertiary/aromatic N) is 3. The second-order valence-corrected chi connectivity index (χ2v) is 7.40. The summed E-state index contributed by atoms with van der Waals surface area (Å²) in [6, 6.07) is 1.82. The van der Waals surface area contributed by atoms with E-state index in [0.29, 0.717) is 30.3 Å². The van der Waals surface area contributed by atoms with Gasteiger partial charge in [0.1, 0.15) is 0 Å². The van der Waals surface area contributed by atoms with Crippen LogP contribution in [0, 0.1) is 12.8 Å². The van der Waals surface area contributed by atoms with Gasteiger partial charge in [0.25, 0.3) is 5.91 Å². The molecule has 2 aliphatic rings. The maximum atomic E-state index is 12.3. The molecule has 4 rings (SSSR count). The summed E-state index contributed by atoms with van der Waals surface area (Å²) < 4.78 is 7.32. The predicted molar refractivity (Wildman–Crippen MR) is 90.2 cm³/mol. The summed E-state index contributed by atoms with van der Waals surface area (Å²) >= 11 is 0. The number of rotatable bonds is 5. The van der Waals surface area contributed by atoms with Crippen molar-refractivity contribution >= 4 is 5.91 Å². The van der Waals surface area contributed by atoms with Crippen LogP contribution in [0.3, 0.4) is 0 Å². The second-order valence-electron chi connectivity index (χ2n) is 7.40. The number of nitrogens with one attached hydrogen (secondary N) is 1. The normalized spacial score (nSPS) is 26.1. The topological polar surface area (TPSA) is 93.2 Å². The molecule has 2 N–H and O–H groups in total. The van der Waals surface area contributed by atoms with Crippen molar-refractivity contribution in [2.75, 3.05) is 6.54 Å². The smallest absolute Gasteiger partial charge is 0.253 e. The Morgan fingerprint density at radius 1 is 1.40 bits per heavy atom. The molecule has 0 spiro atoms. The first-order valence-corrected chi connectivity index (χ1v) is 8.94. The molecular formula is C18H24N4O3. The van der Waals surface area contributed by atoms with Crippen molar-refractivity contribution in [3.05, 3.63) is 35.2 Å². The van der Waals surface area contributed by atoms with Crippen molar-refractivity contribution in [1.29, 1.82) is 0 Å². The summed E-state index contributed by atoms with van der Waals surface area (Å²) in [6.07, 6.45) is 5.05. The van der Waals surface area contributed by atoms with Crippen LogP contribution in [-0.2, 0) is 7.05 Å². The molecule has 0 unspecified atom stereocenters. The molecule has 0 bridgehead atoms. The fourth-order valence-electron chi connectivity index (χ4n) is 3.61. The van der Waals surface area contributed by atoms with Crippen LogP contribution in [0.25, 0.3) is 0 Å². The van der Waals surface area contributed by atoms with Crippen molar-refractivity contribution in [1.82, 2.24) is 20.0 Å². The van der Waals surface area contributed by atoms with E-state index in [4.69, 9.17) is 4.52 Å². The molecule has 2 saturated carbocycles. The number of hydrogen-bond donors (Lipinski definition) is 2. The molecule has 3 atom stereocenters. The van der Waals surface area contributed by atoms with Gasteiger partial charge in [0.2, 0.25) is 5.89 Å². The third-order valence-electron chi connectivity index (χ3n) is 5.56. The van der Waals surface area contributed by atoms with Crippen LogP contribution < -0.4 is 5.32 Å². The van der Waals surface area contributed by atoms with Gasteiger partial charge < -0.3 is 19.5 Å². The van der Waals surface area contributed by atoms with E-state index < -0.39 is 6.10 Å². The molecule has 0 saturated heterocycles. The van der Waals surface area contributed by atoms with E-state index >= 15 is 0 Å². The van der Waals surface area contributed by atoms with Crippen LogP contribution >= 0.6 is 0 Å². The predicted octanol–water partition coefficient (Wildman–Crippen LogP) is 1.88. The summed E-state index contributed by atoms with van der Waals surface area (Å²) in [5.41, 5.74) is 1.61. The Morgan fingerprint density at radius 3 is 2.88 bits per heavy atom. The number of aryl methyl sites for hydroxylation is 1. The Bertz CT molecular complexity index is 777. The molecule has 2 aromatic rings. The number of aliphatic hydroxyl groups is 1. The van der Waals surface area contributed by atoms with E-state index in [1.807, 2.05) is 30.8 Å². The standard InChI is InChI=1S/C18H24N4O3/c1-10-14(5-6-22(10)2)17(24)19-9-13-7-12(8-15(13)23)18-20-16(21-25-18)11-3-4-11/h5-6,11-13,15,23H,3-4,7-9H2,1-2H3,(H,19,24)/t12-,13+,15+/m0/s1. The zero-order valence-electron chi connectivity index (χ0n) is 14.6. The van der Waals surface area contributed by atoms with Crippen molar-refractivity contribution in [2.45, 2.75) is 50.5 Å². The minimum atomic E-state index is -0.460. The number of aromatic nitrogens is 3. The van der Waals surface area contributed by atoms with E-state index in [1.54, 1.807) is 0 Å². The molecule has 134 valence electrons. The molecule has 25 heavy (non-hydrogen) atoms. The Labute approximate surface area is 146 Å². The fourth-order valence-corrected chi connectivity index (χ4v) is 3.61. The van der Waals surface area contributed by atoms with Gasteiger partial charge in [-0.05, 0) is 38.7 Å². The monoisotopic (exact) mass is 344 g/mol. The average molecular weight is 344 g/mol. The molecule has 0 aliphatic heterocycles. The van der Waals surface area contributed by atoms with Crippen LogP contribution in [0.15, 0.2) is 16.8 Å². The summed E-state index contributed by atoms with van der Waals surface area (Å²) in [4.78, 5) is 16.8. The van der Waals surface area contributed by atoms with Gasteiger partial charge in [0, 0.05) is 43.2 Å². The molecular weight excluding hydrogens is 320 g/mol. The van der Waals surface area contributed by atoms with Gasteiger partial charge in [-0.15, -0.1) is 0 Å². The van der Waals surface area contributed by atoms with Crippen LogP contribution in [0.1, 0.15) is 65.3 Å². The van der Waals surface area contributed by atoms with E-state index in [9.17, 15) is 9.90 Å². The largest absolute Gasteiger partial charge is 0.393 e. The Morgan fingerprint density at radius 2 is 2.20 bits per heavy atom. The zero-order chi connectivity index (χ0) is 17.6. The maximum absolute atomic E-state index is 12.3. The quantitative estimate of drug-likeness (QED) is 0.864. The number of carbonyl (C=O) groups excluding carboxylic acids is 1. The van der Waals surface area contributed by atoms with E-state index in [2.05, 4.69) is 15.5 Å². The first kappa shape index (κ1) is 16.3.